The van der Waals surface area contributed by atoms with E-state index < -0.39 is 0 Å². The molecule has 13 rings (SSSR count). The lowest BCUT2D eigenvalue weighted by Gasteiger charge is -2.14. The number of aromatic nitrogens is 5. The molecule has 0 unspecified atom stereocenters. The number of hydrogen-bond acceptors (Lipinski definition) is 3. The molecule has 0 fully saturated rings. The molecule has 3 heterocycles. The fourth-order valence-electron chi connectivity index (χ4n) is 9.95. The van der Waals surface area contributed by atoms with Crippen LogP contribution in [0.1, 0.15) is 0 Å². The molecule has 68 heavy (non-hydrogen) atoms. The van der Waals surface area contributed by atoms with Crippen molar-refractivity contribution in [3.8, 4) is 78.9 Å². The summed E-state index contributed by atoms with van der Waals surface area (Å²) in [5.74, 6) is 1.74. The van der Waals surface area contributed by atoms with Crippen LogP contribution < -0.4 is 0 Å². The third-order valence-corrected chi connectivity index (χ3v) is 13.2. The molecule has 0 saturated heterocycles. The molecule has 13 aromatic rings. The van der Waals surface area contributed by atoms with Crippen molar-refractivity contribution >= 4 is 43.6 Å². The minimum Gasteiger partial charge on any atom is -0.309 e. The molecular formula is C63H41N5. The van der Waals surface area contributed by atoms with E-state index in [4.69, 9.17) is 15.0 Å². The topological polar surface area (TPSA) is 48.5 Å². The molecule has 0 spiro atoms. The maximum atomic E-state index is 5.43. The minimum atomic E-state index is 0.548. The zero-order valence-electron chi connectivity index (χ0n) is 36.9. The van der Waals surface area contributed by atoms with Crippen molar-refractivity contribution in [2.24, 2.45) is 0 Å². The van der Waals surface area contributed by atoms with E-state index in [0.29, 0.717) is 17.6 Å². The molecule has 5 nitrogen and oxygen atoms in total. The summed E-state index contributed by atoms with van der Waals surface area (Å²) in [7, 11) is 0. The van der Waals surface area contributed by atoms with Crippen LogP contribution >= 0.6 is 0 Å². The second kappa shape index (κ2) is 16.4. The van der Waals surface area contributed by atoms with Gasteiger partial charge < -0.3 is 4.57 Å². The number of para-hydroxylation sites is 3. The van der Waals surface area contributed by atoms with Gasteiger partial charge in [0, 0.05) is 38.2 Å². The fourth-order valence-corrected chi connectivity index (χ4v) is 9.95. The number of fused-ring (bicyclic) bond motifs is 6. The molecule has 0 bridgehead atoms. The van der Waals surface area contributed by atoms with Crippen LogP contribution in [0.3, 0.4) is 0 Å². The molecule has 0 aliphatic carbocycles. The summed E-state index contributed by atoms with van der Waals surface area (Å²) >= 11 is 0. The lowest BCUT2D eigenvalue weighted by Crippen LogP contribution is -2.06. The van der Waals surface area contributed by atoms with Crippen LogP contribution in [0.4, 0.5) is 0 Å². The van der Waals surface area contributed by atoms with Gasteiger partial charge in [-0.1, -0.05) is 206 Å². The van der Waals surface area contributed by atoms with Crippen molar-refractivity contribution in [2.45, 2.75) is 0 Å². The van der Waals surface area contributed by atoms with E-state index in [-0.39, 0.29) is 0 Å². The molecule has 3 aromatic heterocycles. The second-order valence-electron chi connectivity index (χ2n) is 17.2. The first kappa shape index (κ1) is 39.2. The van der Waals surface area contributed by atoms with E-state index >= 15 is 0 Å². The predicted molar refractivity (Wildman–Crippen MR) is 281 cm³/mol. The predicted octanol–water partition coefficient (Wildman–Crippen LogP) is 16.1. The largest absolute Gasteiger partial charge is 0.309 e. The molecule has 0 aliphatic heterocycles. The number of benzene rings is 10. The van der Waals surface area contributed by atoms with Crippen molar-refractivity contribution in [2.75, 3.05) is 0 Å². The molecule has 10 aromatic carbocycles. The first-order chi connectivity index (χ1) is 33.7. The Morgan fingerprint density at radius 3 is 1.31 bits per heavy atom. The number of rotatable bonds is 8. The van der Waals surface area contributed by atoms with E-state index in [1.807, 2.05) is 6.07 Å². The summed E-state index contributed by atoms with van der Waals surface area (Å²) in [4.78, 5) is 16.1. The average molecular weight is 868 g/mol. The summed E-state index contributed by atoms with van der Waals surface area (Å²) in [5.41, 5.74) is 16.4. The highest BCUT2D eigenvalue weighted by atomic mass is 15.2. The van der Waals surface area contributed by atoms with Gasteiger partial charge in [0.15, 0.2) is 11.6 Å². The Balaban J connectivity index is 1.04. The smallest absolute Gasteiger partial charge is 0.238 e. The third kappa shape index (κ3) is 6.76. The Labute approximate surface area is 393 Å². The Morgan fingerprint density at radius 1 is 0.235 bits per heavy atom. The Hall–Kier alpha value is -9.19. The van der Waals surface area contributed by atoms with Crippen LogP contribution in [-0.4, -0.2) is 24.1 Å². The molecule has 0 amide bonds. The van der Waals surface area contributed by atoms with Crippen LogP contribution in [0, 0.1) is 0 Å². The minimum absolute atomic E-state index is 0.548. The Morgan fingerprint density at radius 2 is 0.662 bits per heavy atom. The van der Waals surface area contributed by atoms with Gasteiger partial charge in [0.05, 0.1) is 27.8 Å². The zero-order valence-corrected chi connectivity index (χ0v) is 36.9. The van der Waals surface area contributed by atoms with Gasteiger partial charge in [0.25, 0.3) is 0 Å². The quantitative estimate of drug-likeness (QED) is 0.153. The highest BCUT2D eigenvalue weighted by molar-refractivity contribution is 6.19. The maximum Gasteiger partial charge on any atom is 0.238 e. The summed E-state index contributed by atoms with van der Waals surface area (Å²) in [6.45, 7) is 0. The van der Waals surface area contributed by atoms with Gasteiger partial charge in [0.1, 0.15) is 0 Å². The van der Waals surface area contributed by atoms with E-state index in [1.165, 1.54) is 27.5 Å². The van der Waals surface area contributed by atoms with E-state index in [2.05, 4.69) is 252 Å². The molecule has 0 radical (unpaired) electrons. The van der Waals surface area contributed by atoms with Gasteiger partial charge in [-0.25, -0.2) is 4.98 Å². The highest BCUT2D eigenvalue weighted by Gasteiger charge is 2.22. The summed E-state index contributed by atoms with van der Waals surface area (Å²) in [6, 6.07) is 88.2. The Kier molecular flexibility index (Phi) is 9.43. The van der Waals surface area contributed by atoms with Crippen LogP contribution in [0.25, 0.3) is 123 Å². The molecule has 318 valence electrons. The lowest BCUT2D eigenvalue weighted by atomic mass is 9.98. The van der Waals surface area contributed by atoms with Crippen molar-refractivity contribution in [3.63, 3.8) is 0 Å². The summed E-state index contributed by atoms with van der Waals surface area (Å²) in [6.07, 6.45) is 0. The van der Waals surface area contributed by atoms with Crippen molar-refractivity contribution in [1.82, 2.24) is 24.1 Å². The lowest BCUT2D eigenvalue weighted by molar-refractivity contribution is 0.953. The average Bonchev–Trinajstić information content (AvgIpc) is 3.92. The first-order valence-corrected chi connectivity index (χ1v) is 23.0. The standard InChI is InChI=1S/C63H41N5/c1-4-18-42(19-5-1)44-34-36-46(37-35-44)61-64-62(50-27-17-26-49(39-50)48-25-16-24-47(38-48)43-20-6-2-7-21-43)66-63(65-61)68-58-33-15-12-30-53(58)55-40-54-52-29-11-14-32-57(52)67(59(54)41-60(55)68)56-31-13-10-28-51(56)45-22-8-3-9-23-45/h1-41H. The Bertz CT molecular complexity index is 4000. The van der Waals surface area contributed by atoms with E-state index in [0.717, 1.165) is 77.5 Å². The van der Waals surface area contributed by atoms with Crippen molar-refractivity contribution < 1.29 is 0 Å². The number of hydrogen-bond donors (Lipinski definition) is 0. The highest BCUT2D eigenvalue weighted by Crippen LogP contribution is 2.41. The summed E-state index contributed by atoms with van der Waals surface area (Å²) < 4.78 is 4.65. The van der Waals surface area contributed by atoms with Crippen LogP contribution in [-0.2, 0) is 0 Å². The van der Waals surface area contributed by atoms with Crippen LogP contribution in [0.2, 0.25) is 0 Å². The van der Waals surface area contributed by atoms with Crippen molar-refractivity contribution in [3.05, 3.63) is 249 Å². The molecular weight excluding hydrogens is 827 g/mol. The van der Waals surface area contributed by atoms with Gasteiger partial charge >= 0.3 is 0 Å². The normalized spacial score (nSPS) is 11.5. The zero-order chi connectivity index (χ0) is 45.0. The maximum absolute atomic E-state index is 5.43. The molecule has 0 atom stereocenters. The fraction of sp³-hybridized carbons (Fsp3) is 0. The van der Waals surface area contributed by atoms with E-state index in [9.17, 15) is 0 Å². The van der Waals surface area contributed by atoms with Gasteiger partial charge in [-0.05, 0) is 81.4 Å². The van der Waals surface area contributed by atoms with Gasteiger partial charge in [-0.3, -0.25) is 4.57 Å². The van der Waals surface area contributed by atoms with Gasteiger partial charge in [0.2, 0.25) is 5.95 Å². The molecule has 0 N–H and O–H groups in total. The third-order valence-electron chi connectivity index (χ3n) is 13.2. The van der Waals surface area contributed by atoms with Crippen LogP contribution in [0.5, 0.6) is 0 Å². The SMILES string of the molecule is c1ccc(-c2ccc(-c3nc(-c4cccc(-c5cccc(-c6ccccc6)c5)c4)nc(-n4c5ccccc5c5cc6c7ccccc7n(-c7ccccc7-c7ccccc7)c6cc54)n3)cc2)cc1. The number of nitrogens with zero attached hydrogens (tertiary/aromatic N) is 5. The molecule has 5 heteroatoms. The molecule has 0 saturated carbocycles. The van der Waals surface area contributed by atoms with Crippen molar-refractivity contribution in [1.29, 1.82) is 0 Å². The summed E-state index contributed by atoms with van der Waals surface area (Å²) in [5, 5.41) is 4.63. The molecule has 0 aliphatic rings. The van der Waals surface area contributed by atoms with Crippen LogP contribution in [0.15, 0.2) is 249 Å². The second-order valence-corrected chi connectivity index (χ2v) is 17.2. The monoisotopic (exact) mass is 867 g/mol. The first-order valence-electron chi connectivity index (χ1n) is 23.0. The van der Waals surface area contributed by atoms with E-state index in [1.54, 1.807) is 0 Å². The van der Waals surface area contributed by atoms with Gasteiger partial charge in [-0.2, -0.15) is 9.97 Å². The van der Waals surface area contributed by atoms with Gasteiger partial charge in [-0.15, -0.1) is 0 Å².